The number of aliphatic carboxylic acids is 1. The smallest absolute Gasteiger partial charge is 0.325 e. The number of methoxy groups -OCH3 is 1. The van der Waals surface area contributed by atoms with Gasteiger partial charge in [-0.2, -0.15) is 0 Å². The normalized spacial score (nSPS) is 12.2. The summed E-state index contributed by atoms with van der Waals surface area (Å²) in [6, 6.07) is 4.43. The fourth-order valence-corrected chi connectivity index (χ4v) is 1.84. The van der Waals surface area contributed by atoms with Gasteiger partial charge in [-0.25, -0.2) is 0 Å². The number of carbonyl (C=O) groups is 2. The predicted octanol–water partition coefficient (Wildman–Crippen LogP) is 2.06. The van der Waals surface area contributed by atoms with Gasteiger partial charge in [0.05, 0.1) is 11.6 Å². The van der Waals surface area contributed by atoms with Crippen molar-refractivity contribution in [1.82, 2.24) is 5.32 Å². The maximum atomic E-state index is 11.4. The van der Waals surface area contributed by atoms with E-state index in [9.17, 15) is 9.59 Å². The third kappa shape index (κ3) is 4.75. The Morgan fingerprint density at radius 1 is 1.47 bits per heavy atom. The number of carboxylic acids is 1. The van der Waals surface area contributed by atoms with Crippen LogP contribution in [0.2, 0.25) is 0 Å². The Hall–Kier alpha value is -1.82. The van der Waals surface area contributed by atoms with Gasteiger partial charge in [-0.3, -0.25) is 9.59 Å². The lowest BCUT2D eigenvalue weighted by Gasteiger charge is -2.06. The summed E-state index contributed by atoms with van der Waals surface area (Å²) in [5.74, 6) is -0.836. The fourth-order valence-electron chi connectivity index (χ4n) is 1.28. The molecule has 0 fully saturated rings. The van der Waals surface area contributed by atoms with E-state index in [1.54, 1.807) is 31.4 Å². The molecule has 0 saturated heterocycles. The first-order chi connectivity index (χ1) is 8.93. The quantitative estimate of drug-likeness (QED) is 0.812. The SMILES string of the molecule is COc1ccc(/C=C/C(=O)NC(C)C(=O)O)cc1Br. The maximum Gasteiger partial charge on any atom is 0.325 e. The molecule has 102 valence electrons. The first-order valence-electron chi connectivity index (χ1n) is 5.49. The molecule has 0 spiro atoms. The molecule has 19 heavy (non-hydrogen) atoms. The van der Waals surface area contributed by atoms with Crippen molar-refractivity contribution in [2.75, 3.05) is 7.11 Å². The highest BCUT2D eigenvalue weighted by molar-refractivity contribution is 9.10. The third-order valence-electron chi connectivity index (χ3n) is 2.33. The van der Waals surface area contributed by atoms with Crippen molar-refractivity contribution in [1.29, 1.82) is 0 Å². The van der Waals surface area contributed by atoms with Gasteiger partial charge >= 0.3 is 5.97 Å². The third-order valence-corrected chi connectivity index (χ3v) is 2.95. The summed E-state index contributed by atoms with van der Waals surface area (Å²) >= 11 is 3.34. The monoisotopic (exact) mass is 327 g/mol. The van der Waals surface area contributed by atoms with Crippen LogP contribution in [0.1, 0.15) is 12.5 Å². The molecule has 5 nitrogen and oxygen atoms in total. The van der Waals surface area contributed by atoms with E-state index in [1.165, 1.54) is 13.0 Å². The minimum atomic E-state index is -1.08. The number of hydrogen-bond acceptors (Lipinski definition) is 3. The van der Waals surface area contributed by atoms with Crippen molar-refractivity contribution in [2.45, 2.75) is 13.0 Å². The zero-order valence-corrected chi connectivity index (χ0v) is 12.1. The minimum absolute atomic E-state index is 0.457. The van der Waals surface area contributed by atoms with E-state index in [0.29, 0.717) is 5.75 Å². The van der Waals surface area contributed by atoms with Crippen LogP contribution in [0.3, 0.4) is 0 Å². The van der Waals surface area contributed by atoms with Crippen LogP contribution in [0.5, 0.6) is 5.75 Å². The summed E-state index contributed by atoms with van der Waals surface area (Å²) in [6.45, 7) is 1.40. The molecule has 6 heteroatoms. The van der Waals surface area contributed by atoms with Gasteiger partial charge in [-0.05, 0) is 46.6 Å². The van der Waals surface area contributed by atoms with Gasteiger partial charge in [0.1, 0.15) is 11.8 Å². The van der Waals surface area contributed by atoms with E-state index >= 15 is 0 Å². The van der Waals surface area contributed by atoms with Crippen LogP contribution in [0, 0.1) is 0 Å². The molecule has 0 radical (unpaired) electrons. The summed E-state index contributed by atoms with van der Waals surface area (Å²) in [7, 11) is 1.57. The summed E-state index contributed by atoms with van der Waals surface area (Å²) in [4.78, 5) is 22.0. The van der Waals surface area contributed by atoms with E-state index < -0.39 is 17.9 Å². The summed E-state index contributed by atoms with van der Waals surface area (Å²) in [5.41, 5.74) is 0.797. The molecule has 0 aliphatic rings. The Morgan fingerprint density at radius 2 is 2.16 bits per heavy atom. The van der Waals surface area contributed by atoms with Crippen LogP contribution in [0.4, 0.5) is 0 Å². The number of hydrogen-bond donors (Lipinski definition) is 2. The maximum absolute atomic E-state index is 11.4. The summed E-state index contributed by atoms with van der Waals surface area (Å²) in [5, 5.41) is 11.0. The van der Waals surface area contributed by atoms with E-state index in [4.69, 9.17) is 9.84 Å². The lowest BCUT2D eigenvalue weighted by atomic mass is 10.2. The number of ether oxygens (including phenoxy) is 1. The van der Waals surface area contributed by atoms with Gasteiger partial charge in [0.2, 0.25) is 5.91 Å². The number of nitrogens with one attached hydrogen (secondary N) is 1. The standard InChI is InChI=1S/C13H14BrNO4/c1-8(13(17)18)15-12(16)6-4-9-3-5-11(19-2)10(14)7-9/h3-8H,1-2H3,(H,15,16)(H,17,18)/b6-4+. The Bertz CT molecular complexity index is 513. The number of amides is 1. The Labute approximate surface area is 119 Å². The molecule has 1 unspecified atom stereocenters. The van der Waals surface area contributed by atoms with Gasteiger partial charge in [0.15, 0.2) is 0 Å². The highest BCUT2D eigenvalue weighted by atomic mass is 79.9. The number of benzene rings is 1. The predicted molar refractivity (Wildman–Crippen MR) is 75.0 cm³/mol. The second-order valence-electron chi connectivity index (χ2n) is 3.80. The number of carbonyl (C=O) groups excluding carboxylic acids is 1. The van der Waals surface area contributed by atoms with Crippen molar-refractivity contribution in [3.63, 3.8) is 0 Å². The lowest BCUT2D eigenvalue weighted by molar-refractivity contribution is -0.140. The molecule has 1 aromatic rings. The Morgan fingerprint density at radius 3 is 2.68 bits per heavy atom. The Balaban J connectivity index is 2.68. The van der Waals surface area contributed by atoms with Crippen LogP contribution in [-0.2, 0) is 9.59 Å². The van der Waals surface area contributed by atoms with E-state index in [-0.39, 0.29) is 0 Å². The molecule has 0 bridgehead atoms. The second-order valence-corrected chi connectivity index (χ2v) is 4.65. The van der Waals surface area contributed by atoms with Crippen LogP contribution in [0.15, 0.2) is 28.7 Å². The highest BCUT2D eigenvalue weighted by Crippen LogP contribution is 2.25. The lowest BCUT2D eigenvalue weighted by Crippen LogP contribution is -2.37. The van der Waals surface area contributed by atoms with Crippen molar-refractivity contribution in [3.8, 4) is 5.75 Å². The zero-order chi connectivity index (χ0) is 14.4. The largest absolute Gasteiger partial charge is 0.496 e. The Kier molecular flexibility index (Phi) is 5.57. The molecule has 1 aromatic carbocycles. The molecular formula is C13H14BrNO4. The molecule has 1 rings (SSSR count). The highest BCUT2D eigenvalue weighted by Gasteiger charge is 2.11. The topological polar surface area (TPSA) is 75.6 Å². The summed E-state index contributed by atoms with van der Waals surface area (Å²) in [6.07, 6.45) is 2.88. The van der Waals surface area contributed by atoms with E-state index in [0.717, 1.165) is 10.0 Å². The minimum Gasteiger partial charge on any atom is -0.496 e. The first kappa shape index (κ1) is 15.2. The van der Waals surface area contributed by atoms with Gasteiger partial charge < -0.3 is 15.2 Å². The average molecular weight is 328 g/mol. The number of halogens is 1. The molecule has 0 heterocycles. The summed E-state index contributed by atoms with van der Waals surface area (Å²) < 4.78 is 5.86. The average Bonchev–Trinajstić information content (AvgIpc) is 2.36. The molecule has 0 aliphatic heterocycles. The van der Waals surface area contributed by atoms with Crippen LogP contribution in [-0.4, -0.2) is 30.1 Å². The van der Waals surface area contributed by atoms with Crippen LogP contribution in [0.25, 0.3) is 6.08 Å². The molecule has 0 saturated carbocycles. The molecule has 0 aliphatic carbocycles. The van der Waals surface area contributed by atoms with Gasteiger partial charge in [-0.1, -0.05) is 6.07 Å². The van der Waals surface area contributed by atoms with E-state index in [1.807, 2.05) is 0 Å². The second kappa shape index (κ2) is 6.94. The number of rotatable bonds is 5. The molecule has 0 aromatic heterocycles. The molecule has 1 amide bonds. The molecular weight excluding hydrogens is 314 g/mol. The zero-order valence-electron chi connectivity index (χ0n) is 10.5. The van der Waals surface area contributed by atoms with Crippen molar-refractivity contribution in [3.05, 3.63) is 34.3 Å². The van der Waals surface area contributed by atoms with Crippen molar-refractivity contribution >= 4 is 33.9 Å². The molecule has 2 N–H and O–H groups in total. The van der Waals surface area contributed by atoms with Crippen LogP contribution >= 0.6 is 15.9 Å². The van der Waals surface area contributed by atoms with Crippen molar-refractivity contribution in [2.24, 2.45) is 0 Å². The van der Waals surface area contributed by atoms with Crippen LogP contribution < -0.4 is 10.1 Å². The van der Waals surface area contributed by atoms with Gasteiger partial charge in [0, 0.05) is 6.08 Å². The van der Waals surface area contributed by atoms with E-state index in [2.05, 4.69) is 21.2 Å². The van der Waals surface area contributed by atoms with Crippen molar-refractivity contribution < 1.29 is 19.4 Å². The van der Waals surface area contributed by atoms with Gasteiger partial charge in [-0.15, -0.1) is 0 Å². The number of carboxylic acid groups (broad SMARTS) is 1. The molecule has 1 atom stereocenters. The fraction of sp³-hybridized carbons (Fsp3) is 0.231. The first-order valence-corrected chi connectivity index (χ1v) is 6.28. The van der Waals surface area contributed by atoms with Gasteiger partial charge in [0.25, 0.3) is 0 Å².